The Morgan fingerprint density at radius 3 is 2.82 bits per heavy atom. The largest absolute Gasteiger partial charge is 0.355 e. The molecule has 0 radical (unpaired) electrons. The van der Waals surface area contributed by atoms with Gasteiger partial charge in [-0.2, -0.15) is 0 Å². The Balaban J connectivity index is 1.79. The molecule has 4 heteroatoms. The van der Waals surface area contributed by atoms with Crippen molar-refractivity contribution < 1.29 is 4.79 Å². The van der Waals surface area contributed by atoms with Crippen molar-refractivity contribution in [3.8, 4) is 0 Å². The molecule has 0 aromatic carbocycles. The summed E-state index contributed by atoms with van der Waals surface area (Å²) < 4.78 is 0. The molecule has 1 aromatic rings. The van der Waals surface area contributed by atoms with E-state index in [0.717, 1.165) is 24.3 Å². The van der Waals surface area contributed by atoms with E-state index in [1.165, 1.54) is 12.8 Å². The highest BCUT2D eigenvalue weighted by Crippen LogP contribution is 2.38. The molecule has 1 aromatic heterocycles. The molecule has 2 rings (SSSR count). The Hall–Kier alpha value is -0.540. The summed E-state index contributed by atoms with van der Waals surface area (Å²) in [6.07, 6.45) is 5.28. The van der Waals surface area contributed by atoms with Gasteiger partial charge in [0.1, 0.15) is 0 Å². The maximum Gasteiger partial charge on any atom is 0.225 e. The number of nitrogens with one attached hydrogen (secondary N) is 1. The summed E-state index contributed by atoms with van der Waals surface area (Å²) in [5, 5.41) is 5.04. The van der Waals surface area contributed by atoms with Crippen LogP contribution in [0.15, 0.2) is 17.5 Å². The topological polar surface area (TPSA) is 29.1 Å². The molecule has 1 aliphatic rings. The number of carbonyl (C=O) groups is 1. The van der Waals surface area contributed by atoms with E-state index in [2.05, 4.69) is 5.32 Å². The lowest BCUT2D eigenvalue weighted by Crippen LogP contribution is -2.37. The first kappa shape index (κ1) is 12.9. The fraction of sp³-hybridized carbons (Fsp3) is 0.615. The number of amides is 1. The van der Waals surface area contributed by atoms with Gasteiger partial charge in [0.2, 0.25) is 5.91 Å². The van der Waals surface area contributed by atoms with Crippen molar-refractivity contribution in [2.75, 3.05) is 12.4 Å². The monoisotopic (exact) mass is 271 g/mol. The Morgan fingerprint density at radius 1 is 1.47 bits per heavy atom. The minimum absolute atomic E-state index is 0.115. The lowest BCUT2D eigenvalue weighted by molar-refractivity contribution is -0.120. The molecule has 1 fully saturated rings. The van der Waals surface area contributed by atoms with E-state index < -0.39 is 0 Å². The zero-order chi connectivity index (χ0) is 12.1. The molecular formula is C13H18ClNOS. The fourth-order valence-electron chi connectivity index (χ4n) is 2.40. The smallest absolute Gasteiger partial charge is 0.225 e. The molecular weight excluding hydrogens is 254 g/mol. The van der Waals surface area contributed by atoms with Crippen LogP contribution >= 0.6 is 22.9 Å². The molecule has 1 aliphatic carbocycles. The van der Waals surface area contributed by atoms with Gasteiger partial charge < -0.3 is 5.32 Å². The number of rotatable bonds is 5. The van der Waals surface area contributed by atoms with Gasteiger partial charge in [0, 0.05) is 22.7 Å². The van der Waals surface area contributed by atoms with Crippen molar-refractivity contribution in [3.05, 3.63) is 22.4 Å². The third-order valence-electron chi connectivity index (χ3n) is 3.52. The van der Waals surface area contributed by atoms with Gasteiger partial charge in [-0.3, -0.25) is 4.79 Å². The second-order valence-electron chi connectivity index (χ2n) is 4.87. The normalized spacial score (nSPS) is 18.2. The zero-order valence-electron chi connectivity index (χ0n) is 9.88. The van der Waals surface area contributed by atoms with E-state index in [9.17, 15) is 4.79 Å². The average Bonchev–Trinajstić information content (AvgIpc) is 2.98. The van der Waals surface area contributed by atoms with Gasteiger partial charge in [-0.05, 0) is 24.3 Å². The molecule has 2 nitrogen and oxygen atoms in total. The number of thiophene rings is 1. The van der Waals surface area contributed by atoms with E-state index >= 15 is 0 Å². The summed E-state index contributed by atoms with van der Waals surface area (Å²) in [7, 11) is 0. The molecule has 0 unspecified atom stereocenters. The van der Waals surface area contributed by atoms with E-state index in [4.69, 9.17) is 11.6 Å². The summed E-state index contributed by atoms with van der Waals surface area (Å²) in [5.74, 6) is 0.774. The van der Waals surface area contributed by atoms with Crippen LogP contribution in [-0.4, -0.2) is 18.3 Å². The van der Waals surface area contributed by atoms with Crippen LogP contribution in [0.2, 0.25) is 0 Å². The molecule has 0 spiro atoms. The van der Waals surface area contributed by atoms with Gasteiger partial charge in [-0.15, -0.1) is 22.9 Å². The predicted molar refractivity (Wildman–Crippen MR) is 72.7 cm³/mol. The van der Waals surface area contributed by atoms with Crippen molar-refractivity contribution in [1.82, 2.24) is 5.32 Å². The van der Waals surface area contributed by atoms with Crippen LogP contribution in [0.5, 0.6) is 0 Å². The lowest BCUT2D eigenvalue weighted by atomic mass is 9.88. The SMILES string of the molecule is O=C(Cc1cccs1)NCC1(CCl)CCCC1. The van der Waals surface area contributed by atoms with Crippen LogP contribution in [-0.2, 0) is 11.2 Å². The Bertz CT molecular complexity index is 358. The van der Waals surface area contributed by atoms with Crippen molar-refractivity contribution in [3.63, 3.8) is 0 Å². The van der Waals surface area contributed by atoms with Crippen LogP contribution < -0.4 is 5.32 Å². The minimum atomic E-state index is 0.115. The maximum atomic E-state index is 11.8. The van der Waals surface area contributed by atoms with Crippen molar-refractivity contribution in [2.24, 2.45) is 5.41 Å². The van der Waals surface area contributed by atoms with Gasteiger partial charge in [-0.25, -0.2) is 0 Å². The van der Waals surface area contributed by atoms with Crippen molar-refractivity contribution in [1.29, 1.82) is 0 Å². The fourth-order valence-corrected chi connectivity index (χ4v) is 3.47. The second kappa shape index (κ2) is 5.87. The highest BCUT2D eigenvalue weighted by Gasteiger charge is 2.33. The number of carbonyl (C=O) groups excluding carboxylic acids is 1. The molecule has 0 saturated heterocycles. The zero-order valence-corrected chi connectivity index (χ0v) is 11.4. The average molecular weight is 272 g/mol. The summed E-state index contributed by atoms with van der Waals surface area (Å²) >= 11 is 7.67. The number of hydrogen-bond donors (Lipinski definition) is 1. The van der Waals surface area contributed by atoms with E-state index in [1.54, 1.807) is 11.3 Å². The summed E-state index contributed by atoms with van der Waals surface area (Å²) in [4.78, 5) is 12.9. The molecule has 1 N–H and O–H groups in total. The molecule has 1 saturated carbocycles. The quantitative estimate of drug-likeness (QED) is 0.819. The van der Waals surface area contributed by atoms with Crippen LogP contribution in [0.4, 0.5) is 0 Å². The first-order chi connectivity index (χ1) is 8.24. The minimum Gasteiger partial charge on any atom is -0.355 e. The predicted octanol–water partition coefficient (Wildman–Crippen LogP) is 3.21. The molecule has 0 aliphatic heterocycles. The van der Waals surface area contributed by atoms with E-state index in [0.29, 0.717) is 12.3 Å². The molecule has 1 amide bonds. The van der Waals surface area contributed by atoms with Crippen molar-refractivity contribution >= 4 is 28.8 Å². The summed E-state index contributed by atoms with van der Waals surface area (Å²) in [5.41, 5.74) is 0.159. The van der Waals surface area contributed by atoms with E-state index in [1.807, 2.05) is 17.5 Å². The third-order valence-corrected chi connectivity index (χ3v) is 4.97. The number of halogens is 1. The molecule has 94 valence electrons. The van der Waals surface area contributed by atoms with Crippen LogP contribution in [0, 0.1) is 5.41 Å². The lowest BCUT2D eigenvalue weighted by Gasteiger charge is -2.26. The van der Waals surface area contributed by atoms with Gasteiger partial charge in [0.25, 0.3) is 0 Å². The van der Waals surface area contributed by atoms with Gasteiger partial charge in [-0.1, -0.05) is 18.9 Å². The summed E-state index contributed by atoms with van der Waals surface area (Å²) in [6, 6.07) is 3.97. The van der Waals surface area contributed by atoms with Crippen molar-refractivity contribution in [2.45, 2.75) is 32.1 Å². The van der Waals surface area contributed by atoms with Crippen LogP contribution in [0.1, 0.15) is 30.6 Å². The molecule has 17 heavy (non-hydrogen) atoms. The third kappa shape index (κ3) is 3.46. The van der Waals surface area contributed by atoms with Gasteiger partial charge in [0.15, 0.2) is 0 Å². The van der Waals surface area contributed by atoms with Crippen LogP contribution in [0.25, 0.3) is 0 Å². The van der Waals surface area contributed by atoms with E-state index in [-0.39, 0.29) is 11.3 Å². The Morgan fingerprint density at radius 2 is 2.24 bits per heavy atom. The first-order valence-electron chi connectivity index (χ1n) is 6.09. The number of alkyl halides is 1. The standard InChI is InChI=1S/C13H18ClNOS/c14-9-13(5-1-2-6-13)10-15-12(16)8-11-4-3-7-17-11/h3-4,7H,1-2,5-6,8-10H2,(H,15,16). The highest BCUT2D eigenvalue weighted by atomic mass is 35.5. The molecule has 0 atom stereocenters. The Kier molecular flexibility index (Phi) is 4.46. The molecule has 0 bridgehead atoms. The van der Waals surface area contributed by atoms with Crippen LogP contribution in [0.3, 0.4) is 0 Å². The maximum absolute atomic E-state index is 11.8. The Labute approximate surface area is 111 Å². The molecule has 1 heterocycles. The summed E-state index contributed by atoms with van der Waals surface area (Å²) in [6.45, 7) is 0.737. The van der Waals surface area contributed by atoms with Gasteiger partial charge >= 0.3 is 0 Å². The highest BCUT2D eigenvalue weighted by molar-refractivity contribution is 7.10. The van der Waals surface area contributed by atoms with Gasteiger partial charge in [0.05, 0.1) is 6.42 Å². The number of hydrogen-bond acceptors (Lipinski definition) is 2. The first-order valence-corrected chi connectivity index (χ1v) is 7.51. The second-order valence-corrected chi connectivity index (χ2v) is 6.17.